The lowest BCUT2D eigenvalue weighted by atomic mass is 10.1. The molecule has 1 amide bonds. The molecule has 0 spiro atoms. The minimum absolute atomic E-state index is 0.0548. The second kappa shape index (κ2) is 10.6. The van der Waals surface area contributed by atoms with Gasteiger partial charge in [-0.05, 0) is 49.7 Å². The van der Waals surface area contributed by atoms with E-state index in [2.05, 4.69) is 4.90 Å². The van der Waals surface area contributed by atoms with Crippen LogP contribution in [0.3, 0.4) is 0 Å². The zero-order chi connectivity index (χ0) is 20.6. The van der Waals surface area contributed by atoms with Crippen LogP contribution in [0.4, 0.5) is 17.1 Å². The Morgan fingerprint density at radius 3 is 2.41 bits per heavy atom. The summed E-state index contributed by atoms with van der Waals surface area (Å²) in [6.45, 7) is 3.31. The first kappa shape index (κ1) is 21.6. The molecule has 0 atom stereocenters. The summed E-state index contributed by atoms with van der Waals surface area (Å²) < 4.78 is 10.6. The Morgan fingerprint density at radius 2 is 1.69 bits per heavy atom. The molecule has 2 aromatic carbocycles. The van der Waals surface area contributed by atoms with Crippen molar-refractivity contribution in [3.05, 3.63) is 53.1 Å². The van der Waals surface area contributed by atoms with E-state index in [9.17, 15) is 4.79 Å². The molecule has 0 bridgehead atoms. The van der Waals surface area contributed by atoms with Crippen LogP contribution < -0.4 is 15.5 Å². The van der Waals surface area contributed by atoms with Gasteiger partial charge < -0.3 is 25.0 Å². The van der Waals surface area contributed by atoms with Gasteiger partial charge in [0.1, 0.15) is 0 Å². The molecule has 7 heteroatoms. The largest absolute Gasteiger partial charge is 0.382 e. The minimum Gasteiger partial charge on any atom is -0.382 e. The average molecular weight is 418 g/mol. The first-order chi connectivity index (χ1) is 14.2. The molecule has 2 N–H and O–H groups in total. The molecule has 0 saturated carbocycles. The highest BCUT2D eigenvalue weighted by atomic mass is 35.5. The van der Waals surface area contributed by atoms with Crippen LogP contribution in [0.15, 0.2) is 42.5 Å². The van der Waals surface area contributed by atoms with Gasteiger partial charge in [-0.1, -0.05) is 23.7 Å². The van der Waals surface area contributed by atoms with Gasteiger partial charge in [-0.2, -0.15) is 0 Å². The van der Waals surface area contributed by atoms with Crippen molar-refractivity contribution in [2.45, 2.75) is 12.8 Å². The number of anilines is 3. The summed E-state index contributed by atoms with van der Waals surface area (Å²) in [6.07, 6.45) is 1.84. The van der Waals surface area contributed by atoms with Crippen molar-refractivity contribution in [2.24, 2.45) is 5.73 Å². The van der Waals surface area contributed by atoms with Gasteiger partial charge in [0.05, 0.1) is 42.4 Å². The molecule has 0 fully saturated rings. The van der Waals surface area contributed by atoms with Crippen molar-refractivity contribution in [1.82, 2.24) is 0 Å². The summed E-state index contributed by atoms with van der Waals surface area (Å²) >= 11 is 6.30. The standard InChI is InChI=1S/C22H28ClN3O3/c1-28-14-15-29-13-12-26-20-7-3-2-6-19(20)25(11-5-4-10-24)21-16-17(23)8-9-18(21)22(26)27/h2-3,6-9,16H,4-5,10-15,24H2,1H3. The molecule has 1 heterocycles. The van der Waals surface area contributed by atoms with Crippen LogP contribution in [0.2, 0.25) is 5.02 Å². The van der Waals surface area contributed by atoms with Crippen LogP contribution in [-0.2, 0) is 9.47 Å². The van der Waals surface area contributed by atoms with Gasteiger partial charge in [0.15, 0.2) is 0 Å². The van der Waals surface area contributed by atoms with Crippen molar-refractivity contribution in [1.29, 1.82) is 0 Å². The molecular weight excluding hydrogens is 390 g/mol. The average Bonchev–Trinajstić information content (AvgIpc) is 2.82. The Morgan fingerprint density at radius 1 is 0.931 bits per heavy atom. The van der Waals surface area contributed by atoms with Crippen molar-refractivity contribution < 1.29 is 14.3 Å². The van der Waals surface area contributed by atoms with Crippen LogP contribution in [0.25, 0.3) is 0 Å². The van der Waals surface area contributed by atoms with E-state index in [1.807, 2.05) is 30.3 Å². The van der Waals surface area contributed by atoms with E-state index in [4.69, 9.17) is 26.8 Å². The zero-order valence-electron chi connectivity index (χ0n) is 16.8. The number of benzene rings is 2. The van der Waals surface area contributed by atoms with Crippen molar-refractivity contribution in [2.75, 3.05) is 56.4 Å². The lowest BCUT2D eigenvalue weighted by Crippen LogP contribution is -2.33. The Balaban J connectivity index is 1.98. The zero-order valence-corrected chi connectivity index (χ0v) is 17.5. The molecule has 1 aliphatic rings. The topological polar surface area (TPSA) is 68.0 Å². The number of ether oxygens (including phenoxy) is 2. The quantitative estimate of drug-likeness (QED) is 0.595. The predicted octanol–water partition coefficient (Wildman–Crippen LogP) is 3.84. The van der Waals surface area contributed by atoms with Crippen molar-refractivity contribution >= 4 is 34.6 Å². The fraction of sp³-hybridized carbons (Fsp3) is 0.409. The number of nitrogens with two attached hydrogens (primary N) is 1. The summed E-state index contributed by atoms with van der Waals surface area (Å²) in [5.74, 6) is -0.0548. The van der Waals surface area contributed by atoms with E-state index in [1.165, 1.54) is 0 Å². The van der Waals surface area contributed by atoms with Gasteiger partial charge in [0, 0.05) is 25.2 Å². The number of para-hydroxylation sites is 2. The first-order valence-corrected chi connectivity index (χ1v) is 10.3. The van der Waals surface area contributed by atoms with Gasteiger partial charge in [-0.3, -0.25) is 4.79 Å². The monoisotopic (exact) mass is 417 g/mol. The molecule has 3 rings (SSSR count). The highest BCUT2D eigenvalue weighted by Crippen LogP contribution is 2.41. The first-order valence-electron chi connectivity index (χ1n) is 9.92. The number of methoxy groups -OCH3 is 1. The Hall–Kier alpha value is -2.12. The Kier molecular flexibility index (Phi) is 7.89. The van der Waals surface area contributed by atoms with Gasteiger partial charge in [-0.25, -0.2) is 0 Å². The van der Waals surface area contributed by atoms with Crippen molar-refractivity contribution in [3.8, 4) is 0 Å². The van der Waals surface area contributed by atoms with E-state index >= 15 is 0 Å². The van der Waals surface area contributed by atoms with E-state index in [0.29, 0.717) is 43.5 Å². The molecule has 2 aromatic rings. The summed E-state index contributed by atoms with van der Waals surface area (Å²) in [4.78, 5) is 17.4. The maximum atomic E-state index is 13.5. The van der Waals surface area contributed by atoms with E-state index < -0.39 is 0 Å². The van der Waals surface area contributed by atoms with Gasteiger partial charge in [0.25, 0.3) is 5.91 Å². The number of carbonyl (C=O) groups excluding carboxylic acids is 1. The lowest BCUT2D eigenvalue weighted by molar-refractivity contribution is 0.0722. The van der Waals surface area contributed by atoms with E-state index in [0.717, 1.165) is 36.4 Å². The van der Waals surface area contributed by atoms with Crippen LogP contribution in [0.5, 0.6) is 0 Å². The van der Waals surface area contributed by atoms with E-state index in [-0.39, 0.29) is 5.91 Å². The summed E-state index contributed by atoms with van der Waals surface area (Å²) in [5, 5.41) is 0.606. The molecular formula is C22H28ClN3O3. The minimum atomic E-state index is -0.0548. The van der Waals surface area contributed by atoms with Crippen LogP contribution >= 0.6 is 11.6 Å². The molecule has 0 radical (unpaired) electrons. The molecule has 0 saturated heterocycles. The number of nitrogens with zero attached hydrogens (tertiary/aromatic N) is 2. The third-order valence-corrected chi connectivity index (χ3v) is 5.15. The molecule has 6 nitrogen and oxygen atoms in total. The Bertz CT molecular complexity index is 831. The number of rotatable bonds is 10. The number of unbranched alkanes of at least 4 members (excludes halogenated alkanes) is 1. The smallest absolute Gasteiger partial charge is 0.260 e. The molecule has 29 heavy (non-hydrogen) atoms. The number of halogens is 1. The van der Waals surface area contributed by atoms with Gasteiger partial charge in [-0.15, -0.1) is 0 Å². The number of hydrogen-bond donors (Lipinski definition) is 1. The van der Waals surface area contributed by atoms with E-state index in [1.54, 1.807) is 24.1 Å². The highest BCUT2D eigenvalue weighted by molar-refractivity contribution is 6.31. The van der Waals surface area contributed by atoms with Gasteiger partial charge in [0.2, 0.25) is 0 Å². The van der Waals surface area contributed by atoms with Crippen LogP contribution in [0.1, 0.15) is 23.2 Å². The maximum Gasteiger partial charge on any atom is 0.260 e. The number of fused-ring (bicyclic) bond motifs is 2. The van der Waals surface area contributed by atoms with Crippen LogP contribution in [0, 0.1) is 0 Å². The fourth-order valence-electron chi connectivity index (χ4n) is 3.49. The number of hydrogen-bond acceptors (Lipinski definition) is 5. The summed E-state index contributed by atoms with van der Waals surface area (Å²) in [7, 11) is 1.64. The molecule has 0 aromatic heterocycles. The fourth-order valence-corrected chi connectivity index (χ4v) is 3.66. The third kappa shape index (κ3) is 5.08. The van der Waals surface area contributed by atoms with Gasteiger partial charge >= 0.3 is 0 Å². The third-order valence-electron chi connectivity index (χ3n) is 4.92. The SMILES string of the molecule is COCCOCCN1C(=O)c2ccc(Cl)cc2N(CCCCN)c2ccccc21. The van der Waals surface area contributed by atoms with Crippen LogP contribution in [-0.4, -0.2) is 52.5 Å². The number of carbonyl (C=O) groups is 1. The molecule has 1 aliphatic heterocycles. The Labute approximate surface area is 177 Å². The molecule has 0 unspecified atom stereocenters. The predicted molar refractivity (Wildman–Crippen MR) is 118 cm³/mol. The normalized spacial score (nSPS) is 13.3. The maximum absolute atomic E-state index is 13.5. The van der Waals surface area contributed by atoms with Crippen molar-refractivity contribution in [3.63, 3.8) is 0 Å². The second-order valence-electron chi connectivity index (χ2n) is 6.86. The highest BCUT2D eigenvalue weighted by Gasteiger charge is 2.30. The summed E-state index contributed by atoms with van der Waals surface area (Å²) in [5.41, 5.74) is 9.01. The second-order valence-corrected chi connectivity index (χ2v) is 7.30. The lowest BCUT2D eigenvalue weighted by Gasteiger charge is -2.27. The molecule has 0 aliphatic carbocycles. The summed E-state index contributed by atoms with van der Waals surface area (Å²) in [6, 6.07) is 13.4. The number of amides is 1. The molecule has 156 valence electrons.